The Kier molecular flexibility index (Phi) is 8.50. The molecule has 2 aromatic heterocycles. The number of hydrogen-bond acceptors (Lipinski definition) is 6. The summed E-state index contributed by atoms with van der Waals surface area (Å²) in [4.78, 5) is 31.3. The lowest BCUT2D eigenvalue weighted by Crippen LogP contribution is -2.48. The topological polar surface area (TPSA) is 102 Å². The normalized spacial score (nSPS) is 20.1. The summed E-state index contributed by atoms with van der Waals surface area (Å²) in [7, 11) is 0. The van der Waals surface area contributed by atoms with Gasteiger partial charge in [0.25, 0.3) is 5.56 Å². The Morgan fingerprint density at radius 2 is 1.84 bits per heavy atom. The van der Waals surface area contributed by atoms with Crippen LogP contribution >= 0.6 is 0 Å². The largest absolute Gasteiger partial charge is 0.374 e. The Morgan fingerprint density at radius 1 is 1.11 bits per heavy atom. The van der Waals surface area contributed by atoms with E-state index in [1.807, 2.05) is 57.6 Å². The van der Waals surface area contributed by atoms with Crippen LogP contribution in [0.25, 0.3) is 16.9 Å². The molecule has 228 valence electrons. The fourth-order valence-electron chi connectivity index (χ4n) is 7.38. The van der Waals surface area contributed by atoms with Crippen molar-refractivity contribution in [2.75, 3.05) is 0 Å². The Morgan fingerprint density at radius 3 is 2.48 bits per heavy atom. The van der Waals surface area contributed by atoms with Gasteiger partial charge in [0.2, 0.25) is 5.78 Å². The fraction of sp³-hybridized carbons (Fsp3) is 0.472. The van der Waals surface area contributed by atoms with Crippen molar-refractivity contribution in [2.45, 2.75) is 103 Å². The molecule has 2 aliphatic rings. The maximum Gasteiger partial charge on any atom is 0.259 e. The smallest absolute Gasteiger partial charge is 0.259 e. The van der Waals surface area contributed by atoms with Gasteiger partial charge < -0.3 is 4.74 Å². The number of carbonyl (C=O) groups is 1. The van der Waals surface area contributed by atoms with Gasteiger partial charge in [-0.1, -0.05) is 62.2 Å². The summed E-state index contributed by atoms with van der Waals surface area (Å²) in [6.45, 7) is 5.88. The highest BCUT2D eigenvalue weighted by Gasteiger charge is 2.47. The van der Waals surface area contributed by atoms with Crippen LogP contribution in [0.4, 0.5) is 0 Å². The summed E-state index contributed by atoms with van der Waals surface area (Å²) in [5.41, 5.74) is 4.92. The van der Waals surface area contributed by atoms with Crippen molar-refractivity contribution in [3.05, 3.63) is 87.6 Å². The highest BCUT2D eigenvalue weighted by molar-refractivity contribution is 5.83. The molecule has 1 unspecified atom stereocenters. The average molecular weight is 592 g/mol. The Balaban J connectivity index is 1.26. The van der Waals surface area contributed by atoms with Gasteiger partial charge in [0.05, 0.1) is 34.9 Å². The third kappa shape index (κ3) is 5.39. The van der Waals surface area contributed by atoms with Gasteiger partial charge in [-0.05, 0) is 81.5 Å². The average Bonchev–Trinajstić information content (AvgIpc) is 3.49. The van der Waals surface area contributed by atoms with Crippen molar-refractivity contribution in [1.29, 1.82) is 5.26 Å². The van der Waals surface area contributed by atoms with E-state index < -0.39 is 0 Å². The zero-order chi connectivity index (χ0) is 30.8. The van der Waals surface area contributed by atoms with Crippen LogP contribution in [0.15, 0.2) is 59.7 Å². The molecule has 0 N–H and O–H groups in total. The lowest BCUT2D eigenvalue weighted by Gasteiger charge is -2.45. The minimum atomic E-state index is -0.317. The van der Waals surface area contributed by atoms with Crippen molar-refractivity contribution in [3.63, 3.8) is 0 Å². The summed E-state index contributed by atoms with van der Waals surface area (Å²) < 4.78 is 10.2. The standard InChI is InChI=1S/C36H41N5O3/c1-4-8-33-32(21-26-11-13-27(14-12-26)31-10-6-5-9-28(31)22-37)34(43)40(35-38-23-39-41(33)35)29-15-17-30(18-16-29)44-25(3)36(24(2)42)19-7-20-36/h5-6,9-14,23,25,29-30H,4,7-8,15-21H2,1-3H3. The van der Waals surface area contributed by atoms with Gasteiger partial charge in [0.1, 0.15) is 12.1 Å². The highest BCUT2D eigenvalue weighted by Crippen LogP contribution is 2.47. The van der Waals surface area contributed by atoms with E-state index in [0.29, 0.717) is 17.8 Å². The van der Waals surface area contributed by atoms with E-state index in [0.717, 1.165) is 85.7 Å². The van der Waals surface area contributed by atoms with Crippen LogP contribution in [0.3, 0.4) is 0 Å². The highest BCUT2D eigenvalue weighted by atomic mass is 16.5. The van der Waals surface area contributed by atoms with E-state index in [1.165, 1.54) is 0 Å². The van der Waals surface area contributed by atoms with Crippen molar-refractivity contribution in [3.8, 4) is 17.2 Å². The van der Waals surface area contributed by atoms with Crippen molar-refractivity contribution < 1.29 is 9.53 Å². The molecule has 4 aromatic rings. The van der Waals surface area contributed by atoms with Gasteiger partial charge >= 0.3 is 0 Å². The lowest BCUT2D eigenvalue weighted by atomic mass is 9.63. The minimum absolute atomic E-state index is 0.00844. The van der Waals surface area contributed by atoms with Crippen LogP contribution in [-0.2, 0) is 22.4 Å². The number of Topliss-reactive ketones (excluding diaryl/α,β-unsaturated/α-hetero) is 1. The number of ether oxygens (including phenoxy) is 1. The van der Waals surface area contributed by atoms with Crippen LogP contribution in [0.5, 0.6) is 0 Å². The predicted octanol–water partition coefficient (Wildman–Crippen LogP) is 6.62. The zero-order valence-electron chi connectivity index (χ0n) is 26.0. The summed E-state index contributed by atoms with van der Waals surface area (Å²) >= 11 is 0. The molecular formula is C36H41N5O3. The number of nitrogens with zero attached hydrogens (tertiary/aromatic N) is 5. The van der Waals surface area contributed by atoms with Gasteiger partial charge in [-0.15, -0.1) is 0 Å². The Bertz CT molecular complexity index is 1750. The predicted molar refractivity (Wildman–Crippen MR) is 169 cm³/mol. The third-order valence-corrected chi connectivity index (χ3v) is 10.1. The van der Waals surface area contributed by atoms with Crippen LogP contribution < -0.4 is 5.56 Å². The first-order valence-electron chi connectivity index (χ1n) is 16.1. The van der Waals surface area contributed by atoms with Gasteiger partial charge in [0, 0.05) is 18.0 Å². The molecule has 8 nitrogen and oxygen atoms in total. The molecule has 2 heterocycles. The van der Waals surface area contributed by atoms with Crippen LogP contribution in [0, 0.1) is 16.7 Å². The molecule has 0 spiro atoms. The maximum absolute atomic E-state index is 14.3. The molecule has 0 aliphatic heterocycles. The molecule has 0 saturated heterocycles. The second-order valence-electron chi connectivity index (χ2n) is 12.6. The number of hydrogen-bond donors (Lipinski definition) is 0. The number of carbonyl (C=O) groups excluding carboxylic acids is 1. The van der Waals surface area contributed by atoms with E-state index >= 15 is 0 Å². The van der Waals surface area contributed by atoms with Gasteiger partial charge in [-0.25, -0.2) is 4.52 Å². The number of ketones is 1. The molecule has 2 fully saturated rings. The molecule has 44 heavy (non-hydrogen) atoms. The molecule has 2 aliphatic carbocycles. The van der Waals surface area contributed by atoms with E-state index in [9.17, 15) is 14.9 Å². The maximum atomic E-state index is 14.3. The first-order chi connectivity index (χ1) is 21.4. The SMILES string of the molecule is CCCc1c(Cc2ccc(-c3ccccc3C#N)cc2)c(=O)n(C2CCC(OC(C)C3(C(C)=O)CCC3)CC2)c2ncnn12. The molecule has 2 aromatic carbocycles. The first-order valence-corrected chi connectivity index (χ1v) is 16.1. The number of aryl methyl sites for hydroxylation is 1. The number of nitriles is 1. The summed E-state index contributed by atoms with van der Waals surface area (Å²) in [6.07, 6.45) is 9.90. The fourth-order valence-corrected chi connectivity index (χ4v) is 7.38. The number of fused-ring (bicyclic) bond motifs is 1. The Labute approximate surface area is 258 Å². The van der Waals surface area contributed by atoms with E-state index in [4.69, 9.17) is 4.74 Å². The number of rotatable bonds is 10. The zero-order valence-corrected chi connectivity index (χ0v) is 26.0. The Hall–Kier alpha value is -4.09. The summed E-state index contributed by atoms with van der Waals surface area (Å²) in [5, 5.41) is 14.1. The van der Waals surface area contributed by atoms with E-state index in [2.05, 4.69) is 30.0 Å². The molecule has 2 saturated carbocycles. The van der Waals surface area contributed by atoms with Gasteiger partial charge in [-0.3, -0.25) is 14.2 Å². The molecule has 8 heteroatoms. The van der Waals surface area contributed by atoms with Crippen molar-refractivity contribution in [1.82, 2.24) is 19.2 Å². The molecule has 1 atom stereocenters. The van der Waals surface area contributed by atoms with E-state index in [-0.39, 0.29) is 35.0 Å². The van der Waals surface area contributed by atoms with Crippen molar-refractivity contribution >= 4 is 11.6 Å². The lowest BCUT2D eigenvalue weighted by molar-refractivity contribution is -0.154. The third-order valence-electron chi connectivity index (χ3n) is 10.1. The van der Waals surface area contributed by atoms with Crippen LogP contribution in [-0.4, -0.2) is 37.2 Å². The molecule has 0 radical (unpaired) electrons. The molecule has 6 rings (SSSR count). The number of aromatic nitrogens is 4. The summed E-state index contributed by atoms with van der Waals surface area (Å²) in [5.74, 6) is 0.848. The molecular weight excluding hydrogens is 550 g/mol. The molecule has 0 bridgehead atoms. The monoisotopic (exact) mass is 591 g/mol. The second kappa shape index (κ2) is 12.5. The minimum Gasteiger partial charge on any atom is -0.374 e. The molecule has 0 amide bonds. The summed E-state index contributed by atoms with van der Waals surface area (Å²) in [6, 6.07) is 18.0. The van der Waals surface area contributed by atoms with Gasteiger partial charge in [0.15, 0.2) is 0 Å². The van der Waals surface area contributed by atoms with Crippen LogP contribution in [0.1, 0.15) is 101 Å². The van der Waals surface area contributed by atoms with Gasteiger partial charge in [-0.2, -0.15) is 15.3 Å². The van der Waals surface area contributed by atoms with Crippen LogP contribution in [0.2, 0.25) is 0 Å². The second-order valence-corrected chi connectivity index (χ2v) is 12.6. The number of benzene rings is 2. The van der Waals surface area contributed by atoms with Crippen molar-refractivity contribution in [2.24, 2.45) is 5.41 Å². The quantitative estimate of drug-likeness (QED) is 0.205. The first kappa shape index (κ1) is 30.0. The van der Waals surface area contributed by atoms with E-state index in [1.54, 1.807) is 13.3 Å².